The first-order valence-corrected chi connectivity index (χ1v) is 11.1. The number of benzene rings is 2. The molecule has 2 aromatic carbocycles. The van der Waals surface area contributed by atoms with Gasteiger partial charge in [-0.05, 0) is 60.9 Å². The first-order valence-electron chi connectivity index (χ1n) is 11.1. The third kappa shape index (κ3) is 4.09. The molecule has 4 nitrogen and oxygen atoms in total. The van der Waals surface area contributed by atoms with Crippen LogP contribution in [0.4, 0.5) is 0 Å². The van der Waals surface area contributed by atoms with Gasteiger partial charge in [0.05, 0.1) is 16.9 Å². The van der Waals surface area contributed by atoms with Crippen molar-refractivity contribution in [3.63, 3.8) is 0 Å². The Morgan fingerprint density at radius 1 is 0.969 bits per heavy atom. The van der Waals surface area contributed by atoms with Crippen LogP contribution in [-0.4, -0.2) is 33.3 Å². The standard InChI is InChI=1S/C28H28N4/c1-20-18-24-6-4-5-7-26(24)29-28(20)23-11-8-21(9-12-23)10-13-27-25(19-32(3)30-27)22-14-16-31(2)17-15-22/h4-9,11-12,14-16,18-19H,10,13,17H2,1-3H3. The van der Waals surface area contributed by atoms with Gasteiger partial charge in [-0.25, -0.2) is 4.98 Å². The molecule has 0 atom stereocenters. The largest absolute Gasteiger partial charge is 0.377 e. The molecule has 0 radical (unpaired) electrons. The lowest BCUT2D eigenvalue weighted by Crippen LogP contribution is -2.13. The first kappa shape index (κ1) is 20.3. The highest BCUT2D eigenvalue weighted by molar-refractivity contribution is 5.83. The minimum atomic E-state index is 0.920. The summed E-state index contributed by atoms with van der Waals surface area (Å²) in [6.07, 6.45) is 10.6. The summed E-state index contributed by atoms with van der Waals surface area (Å²) in [6, 6.07) is 19.4. The van der Waals surface area contributed by atoms with Gasteiger partial charge in [0, 0.05) is 43.4 Å². The van der Waals surface area contributed by atoms with Gasteiger partial charge in [-0.2, -0.15) is 5.10 Å². The Morgan fingerprint density at radius 2 is 1.78 bits per heavy atom. The summed E-state index contributed by atoms with van der Waals surface area (Å²) in [6.45, 7) is 3.07. The van der Waals surface area contributed by atoms with Crippen molar-refractivity contribution >= 4 is 16.5 Å². The molecule has 0 amide bonds. The van der Waals surface area contributed by atoms with E-state index in [9.17, 15) is 0 Å². The van der Waals surface area contributed by atoms with Crippen LogP contribution in [0.15, 0.2) is 79.1 Å². The molecule has 0 bridgehead atoms. The maximum absolute atomic E-state index is 4.91. The lowest BCUT2D eigenvalue weighted by atomic mass is 9.98. The Hall–Kier alpha value is -3.66. The number of nitrogens with zero attached hydrogens (tertiary/aromatic N) is 4. The monoisotopic (exact) mass is 420 g/mol. The highest BCUT2D eigenvalue weighted by atomic mass is 15.2. The van der Waals surface area contributed by atoms with E-state index in [0.29, 0.717) is 0 Å². The van der Waals surface area contributed by atoms with E-state index in [0.717, 1.165) is 41.9 Å². The second kappa shape index (κ2) is 8.46. The maximum atomic E-state index is 4.91. The number of fused-ring (bicyclic) bond motifs is 1. The quantitative estimate of drug-likeness (QED) is 0.423. The predicted octanol–water partition coefficient (Wildman–Crippen LogP) is 5.57. The summed E-state index contributed by atoms with van der Waals surface area (Å²) in [5.41, 5.74) is 9.44. The highest BCUT2D eigenvalue weighted by Crippen LogP contribution is 2.27. The van der Waals surface area contributed by atoms with Gasteiger partial charge < -0.3 is 4.90 Å². The Kier molecular flexibility index (Phi) is 5.36. The van der Waals surface area contributed by atoms with Gasteiger partial charge in [0.2, 0.25) is 0 Å². The molecule has 0 saturated carbocycles. The molecule has 32 heavy (non-hydrogen) atoms. The molecule has 0 N–H and O–H groups in total. The van der Waals surface area contributed by atoms with Gasteiger partial charge in [-0.15, -0.1) is 0 Å². The van der Waals surface area contributed by atoms with Crippen LogP contribution in [-0.2, 0) is 19.9 Å². The predicted molar refractivity (Wildman–Crippen MR) is 132 cm³/mol. The number of hydrogen-bond donors (Lipinski definition) is 0. The van der Waals surface area contributed by atoms with Crippen LogP contribution >= 0.6 is 0 Å². The zero-order valence-corrected chi connectivity index (χ0v) is 18.9. The van der Waals surface area contributed by atoms with E-state index < -0.39 is 0 Å². The summed E-state index contributed by atoms with van der Waals surface area (Å²) in [5, 5.41) is 5.93. The molecule has 0 fully saturated rings. The molecule has 1 aliphatic rings. The molecule has 5 rings (SSSR count). The molecule has 0 spiro atoms. The number of aryl methyl sites for hydroxylation is 4. The number of para-hydroxylation sites is 1. The summed E-state index contributed by atoms with van der Waals surface area (Å²) >= 11 is 0. The van der Waals surface area contributed by atoms with Crippen LogP contribution in [0.3, 0.4) is 0 Å². The van der Waals surface area contributed by atoms with Crippen LogP contribution in [0.1, 0.15) is 22.4 Å². The van der Waals surface area contributed by atoms with Crippen molar-refractivity contribution in [1.29, 1.82) is 0 Å². The van der Waals surface area contributed by atoms with Crippen molar-refractivity contribution < 1.29 is 0 Å². The summed E-state index contributed by atoms with van der Waals surface area (Å²) in [7, 11) is 4.09. The van der Waals surface area contributed by atoms with E-state index in [2.05, 4.69) is 92.0 Å². The number of hydrogen-bond acceptors (Lipinski definition) is 3. The third-order valence-electron chi connectivity index (χ3n) is 6.12. The molecule has 3 heterocycles. The number of likely N-dealkylation sites (N-methyl/N-ethyl adjacent to an activating group) is 1. The molecular formula is C28H28N4. The van der Waals surface area contributed by atoms with Gasteiger partial charge in [-0.3, -0.25) is 4.68 Å². The van der Waals surface area contributed by atoms with Crippen molar-refractivity contribution in [2.75, 3.05) is 13.6 Å². The lowest BCUT2D eigenvalue weighted by molar-refractivity contribution is 0.506. The summed E-state index contributed by atoms with van der Waals surface area (Å²) in [4.78, 5) is 7.08. The molecule has 2 aromatic heterocycles. The summed E-state index contributed by atoms with van der Waals surface area (Å²) < 4.78 is 1.93. The van der Waals surface area contributed by atoms with E-state index in [1.807, 2.05) is 17.8 Å². The molecule has 1 aliphatic heterocycles. The normalized spacial score (nSPS) is 13.6. The minimum Gasteiger partial charge on any atom is -0.377 e. The van der Waals surface area contributed by atoms with Crippen LogP contribution in [0, 0.1) is 6.92 Å². The SMILES string of the molecule is Cc1cc2ccccc2nc1-c1ccc(CCc2nn(C)cc2C2=CCN(C)C=C2)cc1. The van der Waals surface area contributed by atoms with Crippen LogP contribution in [0.2, 0.25) is 0 Å². The topological polar surface area (TPSA) is 34.0 Å². The number of rotatable bonds is 5. The van der Waals surface area contributed by atoms with Gasteiger partial charge >= 0.3 is 0 Å². The second-order valence-electron chi connectivity index (χ2n) is 8.62. The van der Waals surface area contributed by atoms with E-state index in [-0.39, 0.29) is 0 Å². The fourth-order valence-corrected chi connectivity index (χ4v) is 4.34. The fourth-order valence-electron chi connectivity index (χ4n) is 4.34. The number of pyridine rings is 1. The molecule has 4 aromatic rings. The molecule has 4 heteroatoms. The highest BCUT2D eigenvalue weighted by Gasteiger charge is 2.13. The number of allylic oxidation sites excluding steroid dienone is 2. The first-order chi connectivity index (χ1) is 15.6. The average molecular weight is 421 g/mol. The molecular weight excluding hydrogens is 392 g/mol. The van der Waals surface area contributed by atoms with Crippen molar-refractivity contribution in [2.45, 2.75) is 19.8 Å². The Morgan fingerprint density at radius 3 is 2.56 bits per heavy atom. The van der Waals surface area contributed by atoms with E-state index >= 15 is 0 Å². The maximum Gasteiger partial charge on any atom is 0.0738 e. The Balaban J connectivity index is 1.34. The van der Waals surface area contributed by atoms with Gasteiger partial charge in [0.25, 0.3) is 0 Å². The van der Waals surface area contributed by atoms with Crippen molar-refractivity contribution in [3.8, 4) is 11.3 Å². The van der Waals surface area contributed by atoms with Crippen LogP contribution in [0.25, 0.3) is 27.7 Å². The van der Waals surface area contributed by atoms with Crippen LogP contribution in [0.5, 0.6) is 0 Å². The molecule has 0 unspecified atom stereocenters. The third-order valence-corrected chi connectivity index (χ3v) is 6.12. The summed E-state index contributed by atoms with van der Waals surface area (Å²) in [5.74, 6) is 0. The lowest BCUT2D eigenvalue weighted by Gasteiger charge is -2.17. The fraction of sp³-hybridized carbons (Fsp3) is 0.214. The van der Waals surface area contributed by atoms with Crippen molar-refractivity contribution in [1.82, 2.24) is 19.7 Å². The second-order valence-corrected chi connectivity index (χ2v) is 8.62. The minimum absolute atomic E-state index is 0.920. The Bertz CT molecular complexity index is 1330. The van der Waals surface area contributed by atoms with Crippen molar-refractivity contribution in [3.05, 3.63) is 102 Å². The van der Waals surface area contributed by atoms with Crippen LogP contribution < -0.4 is 0 Å². The van der Waals surface area contributed by atoms with E-state index in [4.69, 9.17) is 10.1 Å². The molecule has 0 aliphatic carbocycles. The molecule has 0 saturated heterocycles. The smallest absolute Gasteiger partial charge is 0.0738 e. The zero-order valence-electron chi connectivity index (χ0n) is 18.9. The average Bonchev–Trinajstić information content (AvgIpc) is 3.18. The van der Waals surface area contributed by atoms with Gasteiger partial charge in [0.1, 0.15) is 0 Å². The Labute approximate surface area is 189 Å². The van der Waals surface area contributed by atoms with Gasteiger partial charge in [-0.1, -0.05) is 48.5 Å². The van der Waals surface area contributed by atoms with E-state index in [1.165, 1.54) is 27.6 Å². The molecule has 160 valence electrons. The zero-order chi connectivity index (χ0) is 22.1. The van der Waals surface area contributed by atoms with Gasteiger partial charge in [0.15, 0.2) is 0 Å². The number of aromatic nitrogens is 3. The van der Waals surface area contributed by atoms with E-state index in [1.54, 1.807) is 0 Å². The van der Waals surface area contributed by atoms with Crippen molar-refractivity contribution in [2.24, 2.45) is 7.05 Å².